The molecule has 2 aromatic carbocycles. The van der Waals surface area contributed by atoms with E-state index in [0.29, 0.717) is 16.0 Å². The predicted octanol–water partition coefficient (Wildman–Crippen LogP) is 4.93. The van der Waals surface area contributed by atoms with Crippen molar-refractivity contribution in [3.05, 3.63) is 65.0 Å². The molecule has 0 unspecified atom stereocenters. The molecule has 0 amide bonds. The number of nitrogens with zero attached hydrogens (tertiary/aromatic N) is 1. The molecule has 0 fully saturated rings. The van der Waals surface area contributed by atoms with Gasteiger partial charge in [-0.25, -0.2) is 4.39 Å². The summed E-state index contributed by atoms with van der Waals surface area (Å²) in [7, 11) is 0. The highest BCUT2D eigenvalue weighted by Gasteiger charge is 2.07. The van der Waals surface area contributed by atoms with E-state index in [-0.39, 0.29) is 5.82 Å². The first-order valence-corrected chi connectivity index (χ1v) is 6.50. The molecular formula is C15H9BrFNO. The Morgan fingerprint density at radius 3 is 2.68 bits per heavy atom. The molecular weight excluding hydrogens is 309 g/mol. The molecule has 0 N–H and O–H groups in total. The van der Waals surface area contributed by atoms with Gasteiger partial charge in [-0.05, 0) is 52.3 Å². The minimum Gasteiger partial charge on any atom is -0.455 e. The van der Waals surface area contributed by atoms with Gasteiger partial charge in [0.15, 0.2) is 0 Å². The van der Waals surface area contributed by atoms with Crippen molar-refractivity contribution < 1.29 is 9.13 Å². The van der Waals surface area contributed by atoms with Crippen molar-refractivity contribution in [3.8, 4) is 11.5 Å². The van der Waals surface area contributed by atoms with Gasteiger partial charge in [-0.3, -0.25) is 4.98 Å². The monoisotopic (exact) mass is 317 g/mol. The lowest BCUT2D eigenvalue weighted by molar-refractivity contribution is 0.482. The Labute approximate surface area is 118 Å². The molecule has 0 aliphatic heterocycles. The van der Waals surface area contributed by atoms with Crippen LogP contribution in [0, 0.1) is 5.82 Å². The maximum Gasteiger partial charge on any atom is 0.141 e. The summed E-state index contributed by atoms with van der Waals surface area (Å²) in [5.41, 5.74) is 0.859. The SMILES string of the molecule is Fc1ccc(Oc2ccnc3ccccc23)c(Br)c1. The number of fused-ring (bicyclic) bond motifs is 1. The summed E-state index contributed by atoms with van der Waals surface area (Å²) in [6.45, 7) is 0. The Morgan fingerprint density at radius 1 is 1.00 bits per heavy atom. The molecule has 0 aliphatic carbocycles. The average Bonchev–Trinajstić information content (AvgIpc) is 2.42. The van der Waals surface area contributed by atoms with Crippen LogP contribution in [0.2, 0.25) is 0 Å². The highest BCUT2D eigenvalue weighted by molar-refractivity contribution is 9.10. The number of para-hydroxylation sites is 1. The Balaban J connectivity index is 2.06. The Kier molecular flexibility index (Phi) is 3.17. The number of aromatic nitrogens is 1. The first-order chi connectivity index (χ1) is 9.24. The molecule has 2 nitrogen and oxygen atoms in total. The summed E-state index contributed by atoms with van der Waals surface area (Å²) in [5.74, 6) is 0.953. The van der Waals surface area contributed by atoms with E-state index in [0.717, 1.165) is 10.9 Å². The van der Waals surface area contributed by atoms with Crippen molar-refractivity contribution in [2.75, 3.05) is 0 Å². The van der Waals surface area contributed by atoms with Crippen LogP contribution >= 0.6 is 15.9 Å². The van der Waals surface area contributed by atoms with Gasteiger partial charge in [-0.2, -0.15) is 0 Å². The van der Waals surface area contributed by atoms with Gasteiger partial charge in [-0.15, -0.1) is 0 Å². The number of hydrogen-bond donors (Lipinski definition) is 0. The molecule has 1 heterocycles. The number of ether oxygens (including phenoxy) is 1. The van der Waals surface area contributed by atoms with E-state index in [9.17, 15) is 4.39 Å². The molecule has 94 valence electrons. The normalized spacial score (nSPS) is 10.6. The summed E-state index contributed by atoms with van der Waals surface area (Å²) in [6.07, 6.45) is 1.69. The maximum atomic E-state index is 13.0. The van der Waals surface area contributed by atoms with Gasteiger partial charge in [0.2, 0.25) is 0 Å². The third-order valence-electron chi connectivity index (χ3n) is 2.72. The molecule has 0 saturated heterocycles. The van der Waals surface area contributed by atoms with Crippen LogP contribution in [-0.4, -0.2) is 4.98 Å². The lowest BCUT2D eigenvalue weighted by Crippen LogP contribution is -1.89. The highest BCUT2D eigenvalue weighted by atomic mass is 79.9. The zero-order valence-corrected chi connectivity index (χ0v) is 11.4. The van der Waals surface area contributed by atoms with Gasteiger partial charge >= 0.3 is 0 Å². The van der Waals surface area contributed by atoms with Crippen LogP contribution in [0.25, 0.3) is 10.9 Å². The standard InChI is InChI=1S/C15H9BrFNO/c16-12-9-10(17)5-6-15(12)19-14-7-8-18-13-4-2-1-3-11(13)14/h1-9H. The van der Waals surface area contributed by atoms with Gasteiger partial charge in [0.1, 0.15) is 17.3 Å². The van der Waals surface area contributed by atoms with E-state index in [1.807, 2.05) is 24.3 Å². The first kappa shape index (κ1) is 12.1. The predicted molar refractivity (Wildman–Crippen MR) is 75.9 cm³/mol. The summed E-state index contributed by atoms with van der Waals surface area (Å²) < 4.78 is 19.4. The van der Waals surface area contributed by atoms with E-state index in [4.69, 9.17) is 4.74 Å². The van der Waals surface area contributed by atoms with Crippen LogP contribution in [0.3, 0.4) is 0 Å². The van der Waals surface area contributed by atoms with E-state index < -0.39 is 0 Å². The second kappa shape index (κ2) is 4.97. The number of benzene rings is 2. The van der Waals surface area contributed by atoms with Crippen molar-refractivity contribution in [2.45, 2.75) is 0 Å². The van der Waals surface area contributed by atoms with E-state index >= 15 is 0 Å². The van der Waals surface area contributed by atoms with Crippen molar-refractivity contribution in [3.63, 3.8) is 0 Å². The lowest BCUT2D eigenvalue weighted by atomic mass is 10.2. The quantitative estimate of drug-likeness (QED) is 0.668. The Morgan fingerprint density at radius 2 is 1.84 bits per heavy atom. The summed E-state index contributed by atoms with van der Waals surface area (Å²) in [5, 5.41) is 0.918. The zero-order chi connectivity index (χ0) is 13.2. The molecule has 0 saturated carbocycles. The van der Waals surface area contributed by atoms with Crippen LogP contribution in [0.1, 0.15) is 0 Å². The van der Waals surface area contributed by atoms with Crippen LogP contribution in [0.15, 0.2) is 59.2 Å². The number of hydrogen-bond acceptors (Lipinski definition) is 2. The molecule has 3 rings (SSSR count). The van der Waals surface area contributed by atoms with Crippen molar-refractivity contribution >= 4 is 26.8 Å². The molecule has 0 spiro atoms. The molecule has 0 bridgehead atoms. The third kappa shape index (κ3) is 2.44. The smallest absolute Gasteiger partial charge is 0.141 e. The topological polar surface area (TPSA) is 22.1 Å². The third-order valence-corrected chi connectivity index (χ3v) is 3.34. The highest BCUT2D eigenvalue weighted by Crippen LogP contribution is 2.33. The zero-order valence-electron chi connectivity index (χ0n) is 9.81. The first-order valence-electron chi connectivity index (χ1n) is 5.71. The Hall–Kier alpha value is -1.94. The van der Waals surface area contributed by atoms with Crippen LogP contribution in [-0.2, 0) is 0 Å². The number of halogens is 2. The minimum absolute atomic E-state index is 0.307. The molecule has 0 atom stereocenters. The fraction of sp³-hybridized carbons (Fsp3) is 0. The van der Waals surface area contributed by atoms with Gasteiger partial charge < -0.3 is 4.74 Å². The molecule has 19 heavy (non-hydrogen) atoms. The number of rotatable bonds is 2. The molecule has 1 aromatic heterocycles. The molecule has 0 aliphatic rings. The summed E-state index contributed by atoms with van der Waals surface area (Å²) >= 11 is 3.29. The number of pyridine rings is 1. The van der Waals surface area contributed by atoms with Crippen LogP contribution < -0.4 is 4.74 Å². The van der Waals surface area contributed by atoms with Crippen LogP contribution in [0.4, 0.5) is 4.39 Å². The fourth-order valence-electron chi connectivity index (χ4n) is 1.84. The van der Waals surface area contributed by atoms with E-state index in [1.54, 1.807) is 18.3 Å². The molecule has 0 radical (unpaired) electrons. The van der Waals surface area contributed by atoms with Crippen LogP contribution in [0.5, 0.6) is 11.5 Å². The fourth-order valence-corrected chi connectivity index (χ4v) is 2.27. The van der Waals surface area contributed by atoms with Gasteiger partial charge in [0, 0.05) is 11.6 Å². The summed E-state index contributed by atoms with van der Waals surface area (Å²) in [6, 6.07) is 13.8. The van der Waals surface area contributed by atoms with E-state index in [1.165, 1.54) is 12.1 Å². The van der Waals surface area contributed by atoms with E-state index in [2.05, 4.69) is 20.9 Å². The second-order valence-electron chi connectivity index (χ2n) is 4.00. The molecule has 3 aromatic rings. The lowest BCUT2D eigenvalue weighted by Gasteiger charge is -2.09. The summed E-state index contributed by atoms with van der Waals surface area (Å²) in [4.78, 5) is 4.27. The molecule has 4 heteroatoms. The van der Waals surface area contributed by atoms with Gasteiger partial charge in [0.05, 0.1) is 9.99 Å². The van der Waals surface area contributed by atoms with Crippen molar-refractivity contribution in [2.24, 2.45) is 0 Å². The largest absolute Gasteiger partial charge is 0.455 e. The second-order valence-corrected chi connectivity index (χ2v) is 4.86. The Bertz CT molecular complexity index is 740. The maximum absolute atomic E-state index is 13.0. The van der Waals surface area contributed by atoms with Crippen molar-refractivity contribution in [1.29, 1.82) is 0 Å². The minimum atomic E-state index is -0.307. The van der Waals surface area contributed by atoms with Gasteiger partial charge in [-0.1, -0.05) is 12.1 Å². The average molecular weight is 318 g/mol. The van der Waals surface area contributed by atoms with Crippen molar-refractivity contribution in [1.82, 2.24) is 4.98 Å². The van der Waals surface area contributed by atoms with Gasteiger partial charge in [0.25, 0.3) is 0 Å².